The third-order valence-corrected chi connectivity index (χ3v) is 1.66. The quantitative estimate of drug-likeness (QED) is 0.182. The third-order valence-electron chi connectivity index (χ3n) is 1.66. The van der Waals surface area contributed by atoms with Crippen molar-refractivity contribution in [2.45, 2.75) is 19.8 Å². The van der Waals surface area contributed by atoms with Crippen LogP contribution in [0.15, 0.2) is 36.5 Å². The van der Waals surface area contributed by atoms with E-state index in [0.29, 0.717) is 6.42 Å². The summed E-state index contributed by atoms with van der Waals surface area (Å²) in [4.78, 5) is 21.8. The van der Waals surface area contributed by atoms with Gasteiger partial charge in [0.05, 0.1) is 7.11 Å². The zero-order valence-electron chi connectivity index (χ0n) is 10.1. The zero-order chi connectivity index (χ0) is 12.9. The minimum absolute atomic E-state index is 0.396. The van der Waals surface area contributed by atoms with Crippen molar-refractivity contribution in [1.82, 2.24) is 0 Å². The van der Waals surface area contributed by atoms with Crippen LogP contribution in [-0.4, -0.2) is 18.9 Å². The van der Waals surface area contributed by atoms with Crippen LogP contribution in [0.3, 0.4) is 0 Å². The molecule has 0 heterocycles. The number of esters is 1. The molecule has 0 aromatic rings. The fourth-order valence-corrected chi connectivity index (χ4v) is 0.844. The predicted octanol–water partition coefficient (Wildman–Crippen LogP) is 2.20. The van der Waals surface area contributed by atoms with E-state index in [-0.39, 0.29) is 0 Å². The molecule has 3 nitrogen and oxygen atoms in total. The molecule has 0 bridgehead atoms. The number of ether oxygens (including phenoxy) is 1. The first-order chi connectivity index (χ1) is 8.20. The van der Waals surface area contributed by atoms with E-state index in [1.54, 1.807) is 0 Å². The topological polar surface area (TPSA) is 43.4 Å². The lowest BCUT2D eigenvalue weighted by molar-refractivity contribution is -0.135. The summed E-state index contributed by atoms with van der Waals surface area (Å²) in [5.74, 6) is 4.19. The Hall–Kier alpha value is -2.08. The Morgan fingerprint density at radius 1 is 1.24 bits per heavy atom. The summed E-state index contributed by atoms with van der Waals surface area (Å²) >= 11 is 0. The van der Waals surface area contributed by atoms with Crippen molar-refractivity contribution >= 4 is 11.8 Å². The van der Waals surface area contributed by atoms with Crippen molar-refractivity contribution in [2.75, 3.05) is 7.11 Å². The van der Waals surface area contributed by atoms with Crippen LogP contribution in [0.1, 0.15) is 19.8 Å². The average molecular weight is 232 g/mol. The Bertz CT molecular complexity index is 389. The summed E-state index contributed by atoms with van der Waals surface area (Å²) in [6.45, 7) is 1.94. The highest BCUT2D eigenvalue weighted by molar-refractivity contribution is 6.06. The minimum atomic E-state index is -0.561. The van der Waals surface area contributed by atoms with Crippen molar-refractivity contribution in [3.8, 4) is 11.8 Å². The Kier molecular flexibility index (Phi) is 9.16. The maximum absolute atomic E-state index is 11.1. The second-order valence-electron chi connectivity index (χ2n) is 3.02. The Morgan fingerprint density at radius 3 is 2.65 bits per heavy atom. The molecule has 0 unspecified atom stereocenters. The van der Waals surface area contributed by atoms with Crippen LogP contribution in [0.4, 0.5) is 0 Å². The van der Waals surface area contributed by atoms with Gasteiger partial charge in [-0.15, -0.1) is 0 Å². The first-order valence-corrected chi connectivity index (χ1v) is 5.27. The number of methoxy groups -OCH3 is 1. The molecule has 0 fully saturated rings. The summed E-state index contributed by atoms with van der Waals surface area (Å²) in [6.07, 6.45) is 11.3. The Morgan fingerprint density at radius 2 is 2.00 bits per heavy atom. The van der Waals surface area contributed by atoms with Crippen LogP contribution in [0.25, 0.3) is 0 Å². The monoisotopic (exact) mass is 232 g/mol. The van der Waals surface area contributed by atoms with Gasteiger partial charge in [-0.1, -0.05) is 30.2 Å². The van der Waals surface area contributed by atoms with E-state index in [1.807, 2.05) is 31.2 Å². The summed E-state index contributed by atoms with van der Waals surface area (Å²) in [7, 11) is 1.25. The van der Waals surface area contributed by atoms with Gasteiger partial charge in [0.1, 0.15) is 0 Å². The minimum Gasteiger partial charge on any atom is -0.466 e. The molecule has 0 saturated carbocycles. The van der Waals surface area contributed by atoms with Gasteiger partial charge in [-0.2, -0.15) is 0 Å². The lowest BCUT2D eigenvalue weighted by Gasteiger charge is -1.86. The average Bonchev–Trinajstić information content (AvgIpc) is 2.34. The normalized spacial score (nSPS) is 10.7. The van der Waals surface area contributed by atoms with Gasteiger partial charge in [0.25, 0.3) is 0 Å². The fraction of sp³-hybridized carbons (Fsp3) is 0.286. The van der Waals surface area contributed by atoms with Crippen molar-refractivity contribution in [2.24, 2.45) is 0 Å². The molecule has 0 aromatic carbocycles. The highest BCUT2D eigenvalue weighted by atomic mass is 16.5. The van der Waals surface area contributed by atoms with Crippen molar-refractivity contribution in [3.63, 3.8) is 0 Å². The molecule has 0 aliphatic rings. The van der Waals surface area contributed by atoms with Crippen LogP contribution in [0.5, 0.6) is 0 Å². The molecule has 0 N–H and O–H groups in total. The van der Waals surface area contributed by atoms with Crippen LogP contribution in [-0.2, 0) is 14.3 Å². The SMILES string of the molecule is C/C=C/C=C/CCC#CC(=O)/C=C/C(=O)OC. The second-order valence-corrected chi connectivity index (χ2v) is 3.02. The Balaban J connectivity index is 3.90. The van der Waals surface area contributed by atoms with Gasteiger partial charge in [-0.3, -0.25) is 4.79 Å². The number of rotatable bonds is 5. The van der Waals surface area contributed by atoms with Crippen molar-refractivity contribution in [3.05, 3.63) is 36.5 Å². The van der Waals surface area contributed by atoms with E-state index >= 15 is 0 Å². The number of hydrogen-bond acceptors (Lipinski definition) is 3. The number of carbonyl (C=O) groups is 2. The molecule has 0 aromatic heterocycles. The summed E-state index contributed by atoms with van der Waals surface area (Å²) in [5, 5.41) is 0. The van der Waals surface area contributed by atoms with Gasteiger partial charge in [-0.25, -0.2) is 4.79 Å². The van der Waals surface area contributed by atoms with Gasteiger partial charge < -0.3 is 4.74 Å². The van der Waals surface area contributed by atoms with E-state index < -0.39 is 11.8 Å². The number of hydrogen-bond donors (Lipinski definition) is 0. The molecule has 0 rings (SSSR count). The van der Waals surface area contributed by atoms with Crippen LogP contribution in [0, 0.1) is 11.8 Å². The molecule has 0 amide bonds. The molecule has 3 heteroatoms. The standard InChI is InChI=1S/C14H16O3/c1-3-4-5-6-7-8-9-10-13(15)11-12-14(16)17-2/h3-6,11-12H,7-8H2,1-2H3/b4-3+,6-5+,12-11+. The van der Waals surface area contributed by atoms with Crippen LogP contribution < -0.4 is 0 Å². The second kappa shape index (κ2) is 10.4. The molecule has 0 saturated heterocycles. The molecule has 0 spiro atoms. The molecule has 0 aliphatic carbocycles. The van der Waals surface area contributed by atoms with Gasteiger partial charge in [0.2, 0.25) is 5.78 Å². The van der Waals surface area contributed by atoms with E-state index in [4.69, 9.17) is 0 Å². The molecular weight excluding hydrogens is 216 g/mol. The van der Waals surface area contributed by atoms with Gasteiger partial charge >= 0.3 is 5.97 Å². The molecule has 90 valence electrons. The van der Waals surface area contributed by atoms with Crippen molar-refractivity contribution < 1.29 is 14.3 Å². The lowest BCUT2D eigenvalue weighted by atomic mass is 10.2. The summed E-state index contributed by atoms with van der Waals surface area (Å²) in [5.41, 5.74) is 0. The smallest absolute Gasteiger partial charge is 0.330 e. The Labute approximate surface area is 102 Å². The first-order valence-electron chi connectivity index (χ1n) is 5.27. The highest BCUT2D eigenvalue weighted by Gasteiger charge is 1.93. The predicted molar refractivity (Wildman–Crippen MR) is 67.1 cm³/mol. The number of allylic oxidation sites excluding steroid dienone is 5. The number of unbranched alkanes of at least 4 members (excludes halogenated alkanes) is 1. The van der Waals surface area contributed by atoms with Gasteiger partial charge in [-0.05, 0) is 19.3 Å². The maximum Gasteiger partial charge on any atom is 0.330 e. The molecular formula is C14H16O3. The molecule has 0 radical (unpaired) electrons. The number of ketones is 1. The number of carbonyl (C=O) groups excluding carboxylic acids is 2. The van der Waals surface area contributed by atoms with Gasteiger partial charge in [0, 0.05) is 18.6 Å². The van der Waals surface area contributed by atoms with E-state index in [9.17, 15) is 9.59 Å². The fourth-order valence-electron chi connectivity index (χ4n) is 0.844. The zero-order valence-corrected chi connectivity index (χ0v) is 10.1. The molecule has 17 heavy (non-hydrogen) atoms. The highest BCUT2D eigenvalue weighted by Crippen LogP contribution is 1.89. The summed E-state index contributed by atoms with van der Waals surface area (Å²) in [6, 6.07) is 0. The lowest BCUT2D eigenvalue weighted by Crippen LogP contribution is -1.96. The summed E-state index contributed by atoms with van der Waals surface area (Å²) < 4.78 is 4.34. The van der Waals surface area contributed by atoms with E-state index in [0.717, 1.165) is 18.6 Å². The van der Waals surface area contributed by atoms with Crippen LogP contribution in [0.2, 0.25) is 0 Å². The van der Waals surface area contributed by atoms with Crippen molar-refractivity contribution in [1.29, 1.82) is 0 Å². The van der Waals surface area contributed by atoms with Gasteiger partial charge in [0.15, 0.2) is 0 Å². The van der Waals surface area contributed by atoms with E-state index in [2.05, 4.69) is 16.6 Å². The third kappa shape index (κ3) is 10.2. The first kappa shape index (κ1) is 14.9. The molecule has 0 atom stereocenters. The van der Waals surface area contributed by atoms with E-state index in [1.165, 1.54) is 7.11 Å². The molecule has 0 aliphatic heterocycles. The largest absolute Gasteiger partial charge is 0.466 e. The van der Waals surface area contributed by atoms with Crippen LogP contribution >= 0.6 is 0 Å². The maximum atomic E-state index is 11.1.